The second kappa shape index (κ2) is 11.3. The Morgan fingerprint density at radius 1 is 0.971 bits per heavy atom. The number of ether oxygens (including phenoxy) is 1. The Balaban J connectivity index is 1.30. The Hall–Kier alpha value is -3.19. The van der Waals surface area contributed by atoms with Gasteiger partial charge in [0.05, 0.1) is 6.04 Å². The van der Waals surface area contributed by atoms with E-state index in [0.29, 0.717) is 11.7 Å². The van der Waals surface area contributed by atoms with E-state index in [1.807, 2.05) is 37.3 Å². The van der Waals surface area contributed by atoms with Crippen molar-refractivity contribution in [3.05, 3.63) is 77.4 Å². The zero-order chi connectivity index (χ0) is 23.9. The van der Waals surface area contributed by atoms with E-state index < -0.39 is 0 Å². The molecule has 0 saturated carbocycles. The van der Waals surface area contributed by atoms with E-state index in [1.54, 1.807) is 0 Å². The lowest BCUT2D eigenvalue weighted by Crippen LogP contribution is -2.33. The molecule has 1 aliphatic rings. The van der Waals surface area contributed by atoms with Gasteiger partial charge in [-0.1, -0.05) is 56.3 Å². The highest BCUT2D eigenvalue weighted by Gasteiger charge is 2.23. The maximum absolute atomic E-state index is 12.4. The molecule has 1 amide bonds. The van der Waals surface area contributed by atoms with Gasteiger partial charge < -0.3 is 14.6 Å². The van der Waals surface area contributed by atoms with E-state index in [0.717, 1.165) is 50.7 Å². The molecule has 0 radical (unpaired) electrons. The number of para-hydroxylation sites is 1. The number of fused-ring (bicyclic) bond motifs is 1. The smallest absolute Gasteiger partial charge is 0.258 e. The molecule has 0 saturated heterocycles. The van der Waals surface area contributed by atoms with Gasteiger partial charge in [0.25, 0.3) is 5.91 Å². The Labute approximate surface area is 202 Å². The first-order valence-corrected chi connectivity index (χ1v) is 12.2. The molecule has 0 aliphatic carbocycles. The summed E-state index contributed by atoms with van der Waals surface area (Å²) in [5.74, 6) is 2.95. The van der Waals surface area contributed by atoms with E-state index >= 15 is 0 Å². The summed E-state index contributed by atoms with van der Waals surface area (Å²) in [6.07, 6.45) is 1.96. The molecule has 1 N–H and O–H groups in total. The van der Waals surface area contributed by atoms with Gasteiger partial charge in [-0.3, -0.25) is 9.69 Å². The van der Waals surface area contributed by atoms with Crippen molar-refractivity contribution in [2.24, 2.45) is 5.92 Å². The fourth-order valence-electron chi connectivity index (χ4n) is 4.39. The first kappa shape index (κ1) is 24.0. The van der Waals surface area contributed by atoms with Gasteiger partial charge in [-0.05, 0) is 42.5 Å². The van der Waals surface area contributed by atoms with E-state index in [2.05, 4.69) is 63.1 Å². The summed E-state index contributed by atoms with van der Waals surface area (Å²) in [5.41, 5.74) is 2.74. The largest absolute Gasteiger partial charge is 0.484 e. The average molecular weight is 462 g/mol. The van der Waals surface area contributed by atoms with Crippen LogP contribution in [0.4, 0.5) is 0 Å². The van der Waals surface area contributed by atoms with Crippen LogP contribution in [0.5, 0.6) is 5.75 Å². The Morgan fingerprint density at radius 2 is 1.71 bits per heavy atom. The lowest BCUT2D eigenvalue weighted by molar-refractivity contribution is -0.123. The van der Waals surface area contributed by atoms with Crippen LogP contribution in [-0.2, 0) is 30.7 Å². The summed E-state index contributed by atoms with van der Waals surface area (Å²) < 4.78 is 7.72. The van der Waals surface area contributed by atoms with Crippen molar-refractivity contribution in [2.45, 2.75) is 52.7 Å². The first-order chi connectivity index (χ1) is 16.5. The van der Waals surface area contributed by atoms with E-state index in [4.69, 9.17) is 4.74 Å². The molecule has 7 nitrogen and oxygen atoms in total. The third-order valence-corrected chi connectivity index (χ3v) is 6.10. The molecule has 0 bridgehead atoms. The van der Waals surface area contributed by atoms with Gasteiger partial charge in [0.2, 0.25) is 0 Å². The van der Waals surface area contributed by atoms with Crippen molar-refractivity contribution < 1.29 is 9.53 Å². The number of aromatic nitrogens is 3. The predicted octanol–water partition coefficient (Wildman–Crippen LogP) is 3.79. The molecule has 180 valence electrons. The minimum atomic E-state index is -0.242. The normalized spacial score (nSPS) is 14.9. The maximum Gasteiger partial charge on any atom is 0.258 e. The Morgan fingerprint density at radius 3 is 2.44 bits per heavy atom. The summed E-state index contributed by atoms with van der Waals surface area (Å²) in [4.78, 5) is 14.9. The molecule has 0 fully saturated rings. The number of rotatable bonds is 9. The van der Waals surface area contributed by atoms with Crippen LogP contribution >= 0.6 is 0 Å². The monoisotopic (exact) mass is 461 g/mol. The zero-order valence-electron chi connectivity index (χ0n) is 20.4. The molecule has 4 rings (SSSR count). The number of nitrogens with one attached hydrogen (secondary N) is 1. The molecule has 1 aromatic heterocycles. The maximum atomic E-state index is 12.4. The molecular weight excluding hydrogens is 426 g/mol. The summed E-state index contributed by atoms with van der Waals surface area (Å²) >= 11 is 0. The number of hydrogen-bond donors (Lipinski definition) is 1. The summed E-state index contributed by atoms with van der Waals surface area (Å²) in [6.45, 7) is 10.0. The van der Waals surface area contributed by atoms with Gasteiger partial charge in [-0.15, -0.1) is 10.2 Å². The fraction of sp³-hybridized carbons (Fsp3) is 0.444. The highest BCUT2D eigenvalue weighted by atomic mass is 16.5. The molecule has 3 aromatic rings. The highest BCUT2D eigenvalue weighted by molar-refractivity contribution is 5.77. The second-order valence-electron chi connectivity index (χ2n) is 9.46. The molecule has 0 spiro atoms. The van der Waals surface area contributed by atoms with Crippen LogP contribution in [0.2, 0.25) is 0 Å². The summed E-state index contributed by atoms with van der Waals surface area (Å²) in [7, 11) is 0. The second-order valence-corrected chi connectivity index (χ2v) is 9.46. The van der Waals surface area contributed by atoms with Gasteiger partial charge >= 0.3 is 0 Å². The lowest BCUT2D eigenvalue weighted by Gasteiger charge is -2.20. The van der Waals surface area contributed by atoms with Crippen molar-refractivity contribution in [1.82, 2.24) is 25.0 Å². The molecular formula is C27H35N5O2. The van der Waals surface area contributed by atoms with Crippen molar-refractivity contribution in [3.8, 4) is 5.75 Å². The Kier molecular flexibility index (Phi) is 7.95. The Bertz CT molecular complexity index is 1060. The molecule has 1 aliphatic heterocycles. The van der Waals surface area contributed by atoms with Crippen LogP contribution in [0.3, 0.4) is 0 Å². The molecule has 7 heteroatoms. The van der Waals surface area contributed by atoms with Crippen LogP contribution in [0, 0.1) is 5.92 Å². The van der Waals surface area contributed by atoms with Crippen LogP contribution in [0.25, 0.3) is 0 Å². The predicted molar refractivity (Wildman–Crippen MR) is 132 cm³/mol. The van der Waals surface area contributed by atoms with Crippen LogP contribution in [0.1, 0.15) is 49.6 Å². The summed E-state index contributed by atoms with van der Waals surface area (Å²) in [6, 6.07) is 18.1. The standard InChI is InChI=1S/C27H35N5O2/c1-20(2)17-22-9-11-23(12-10-22)18-31-14-13-25-29-30-27(32(25)16-15-31)21(3)28-26(33)19-34-24-7-5-4-6-8-24/h4-12,20-21H,13-19H2,1-3H3,(H,28,33). The number of carbonyl (C=O) groups is 1. The van der Waals surface area contributed by atoms with Crippen LogP contribution in [-0.4, -0.2) is 45.3 Å². The van der Waals surface area contributed by atoms with E-state index in [-0.39, 0.29) is 18.6 Å². The SMILES string of the molecule is CC(C)Cc1ccc(CN2CCc3nnc(C(C)NC(=O)COc4ccccc4)n3CC2)cc1. The van der Waals surface area contributed by atoms with Crippen molar-refractivity contribution in [2.75, 3.05) is 19.7 Å². The number of hydrogen-bond acceptors (Lipinski definition) is 5. The van der Waals surface area contributed by atoms with E-state index in [9.17, 15) is 4.79 Å². The molecule has 1 unspecified atom stereocenters. The molecule has 1 atom stereocenters. The third-order valence-electron chi connectivity index (χ3n) is 6.10. The minimum absolute atomic E-state index is 0.0287. The third kappa shape index (κ3) is 6.44. The van der Waals surface area contributed by atoms with Crippen molar-refractivity contribution >= 4 is 5.91 Å². The number of amides is 1. The van der Waals surface area contributed by atoms with Gasteiger partial charge in [0.1, 0.15) is 11.6 Å². The fourth-order valence-corrected chi connectivity index (χ4v) is 4.39. The molecule has 34 heavy (non-hydrogen) atoms. The van der Waals surface area contributed by atoms with Gasteiger partial charge in [0.15, 0.2) is 12.4 Å². The number of benzene rings is 2. The van der Waals surface area contributed by atoms with Crippen LogP contribution in [0.15, 0.2) is 54.6 Å². The average Bonchev–Trinajstić information content (AvgIpc) is 3.14. The zero-order valence-corrected chi connectivity index (χ0v) is 20.4. The highest BCUT2D eigenvalue weighted by Crippen LogP contribution is 2.18. The van der Waals surface area contributed by atoms with Gasteiger partial charge in [-0.25, -0.2) is 0 Å². The molecule has 2 heterocycles. The molecule has 2 aromatic carbocycles. The van der Waals surface area contributed by atoms with Crippen molar-refractivity contribution in [3.63, 3.8) is 0 Å². The number of carbonyl (C=O) groups excluding carboxylic acids is 1. The quantitative estimate of drug-likeness (QED) is 0.525. The van der Waals surface area contributed by atoms with Crippen LogP contribution < -0.4 is 10.1 Å². The first-order valence-electron chi connectivity index (χ1n) is 12.2. The topological polar surface area (TPSA) is 72.3 Å². The number of nitrogens with zero attached hydrogens (tertiary/aromatic N) is 4. The van der Waals surface area contributed by atoms with Gasteiger partial charge in [-0.2, -0.15) is 0 Å². The summed E-state index contributed by atoms with van der Waals surface area (Å²) in [5, 5.41) is 11.8. The minimum Gasteiger partial charge on any atom is -0.484 e. The van der Waals surface area contributed by atoms with Gasteiger partial charge in [0, 0.05) is 32.6 Å². The van der Waals surface area contributed by atoms with Crippen molar-refractivity contribution in [1.29, 1.82) is 0 Å². The lowest BCUT2D eigenvalue weighted by atomic mass is 10.0. The van der Waals surface area contributed by atoms with E-state index in [1.165, 1.54) is 11.1 Å².